The number of carbonyl (C=O) groups excluding carboxylic acids is 1. The molecule has 2 aromatic rings. The van der Waals surface area contributed by atoms with E-state index in [0.717, 1.165) is 56.3 Å². The lowest BCUT2D eigenvalue weighted by atomic mass is 10.2. The van der Waals surface area contributed by atoms with Gasteiger partial charge in [-0.1, -0.05) is 6.07 Å². The van der Waals surface area contributed by atoms with Gasteiger partial charge in [0.1, 0.15) is 0 Å². The van der Waals surface area contributed by atoms with Gasteiger partial charge in [0.05, 0.1) is 10.6 Å². The number of rotatable bonds is 3. The van der Waals surface area contributed by atoms with Gasteiger partial charge < -0.3 is 10.2 Å². The lowest BCUT2D eigenvalue weighted by Gasteiger charge is -2.32. The Morgan fingerprint density at radius 1 is 1.29 bits per heavy atom. The normalized spacial score (nSPS) is 21.7. The van der Waals surface area contributed by atoms with Crippen molar-refractivity contribution < 1.29 is 4.79 Å². The van der Waals surface area contributed by atoms with Crippen LogP contribution in [-0.4, -0.2) is 71.2 Å². The summed E-state index contributed by atoms with van der Waals surface area (Å²) in [6.07, 6.45) is 1.06. The van der Waals surface area contributed by atoms with Gasteiger partial charge in [-0.05, 0) is 23.9 Å². The number of halogens is 1. The molecule has 6 nitrogen and oxygen atoms in total. The van der Waals surface area contributed by atoms with E-state index in [-0.39, 0.29) is 18.3 Å². The average Bonchev–Trinajstić information content (AvgIpc) is 3.35. The van der Waals surface area contributed by atoms with Crippen LogP contribution in [0.5, 0.6) is 0 Å². The summed E-state index contributed by atoms with van der Waals surface area (Å²) in [6, 6.07) is 6.40. The van der Waals surface area contributed by atoms with Crippen molar-refractivity contribution in [2.75, 3.05) is 39.3 Å². The first-order valence-corrected chi connectivity index (χ1v) is 9.02. The average molecular weight is 368 g/mol. The van der Waals surface area contributed by atoms with Gasteiger partial charge in [0.25, 0.3) is 5.91 Å². The number of nitrogens with one attached hydrogen (secondary N) is 2. The first kappa shape index (κ1) is 17.4. The largest absolute Gasteiger partial charge is 0.336 e. The van der Waals surface area contributed by atoms with Crippen LogP contribution in [0.2, 0.25) is 0 Å². The second-order valence-electron chi connectivity index (χ2n) is 6.12. The van der Waals surface area contributed by atoms with Crippen molar-refractivity contribution in [1.29, 1.82) is 0 Å². The van der Waals surface area contributed by atoms with Crippen LogP contribution in [0, 0.1) is 0 Å². The minimum Gasteiger partial charge on any atom is -0.336 e. The number of thiophene rings is 1. The number of hydrogen-bond acceptors (Lipinski definition) is 5. The fourth-order valence-corrected chi connectivity index (χ4v) is 4.12. The van der Waals surface area contributed by atoms with E-state index < -0.39 is 0 Å². The van der Waals surface area contributed by atoms with Gasteiger partial charge in [-0.15, -0.1) is 23.7 Å². The van der Waals surface area contributed by atoms with E-state index in [1.165, 1.54) is 0 Å². The molecular weight excluding hydrogens is 346 g/mol. The van der Waals surface area contributed by atoms with E-state index in [0.29, 0.717) is 11.7 Å². The van der Waals surface area contributed by atoms with Crippen molar-refractivity contribution in [3.63, 3.8) is 0 Å². The zero-order chi connectivity index (χ0) is 15.6. The van der Waals surface area contributed by atoms with Crippen molar-refractivity contribution in [2.45, 2.75) is 12.5 Å². The summed E-state index contributed by atoms with van der Waals surface area (Å²) in [4.78, 5) is 18.2. The fourth-order valence-electron chi connectivity index (χ4n) is 3.42. The summed E-state index contributed by atoms with van der Waals surface area (Å²) in [5, 5.41) is 12.6. The number of aromatic nitrogens is 2. The molecule has 2 aromatic heterocycles. The van der Waals surface area contributed by atoms with Crippen LogP contribution in [0.3, 0.4) is 0 Å². The molecule has 0 spiro atoms. The van der Waals surface area contributed by atoms with E-state index >= 15 is 0 Å². The maximum Gasteiger partial charge on any atom is 0.274 e. The minimum atomic E-state index is 0. The molecule has 24 heavy (non-hydrogen) atoms. The third kappa shape index (κ3) is 3.49. The van der Waals surface area contributed by atoms with Crippen LogP contribution >= 0.6 is 23.7 Å². The van der Waals surface area contributed by atoms with Gasteiger partial charge in [0.15, 0.2) is 5.69 Å². The molecule has 0 saturated carbocycles. The molecule has 2 N–H and O–H groups in total. The molecule has 2 fully saturated rings. The Morgan fingerprint density at radius 2 is 2.12 bits per heavy atom. The molecule has 0 aromatic carbocycles. The summed E-state index contributed by atoms with van der Waals surface area (Å²) >= 11 is 1.64. The van der Waals surface area contributed by atoms with Gasteiger partial charge in [-0.25, -0.2) is 0 Å². The number of nitrogens with zero attached hydrogens (tertiary/aromatic N) is 3. The van der Waals surface area contributed by atoms with Gasteiger partial charge in [0, 0.05) is 45.3 Å². The second kappa shape index (κ2) is 7.65. The number of H-pyrrole nitrogens is 1. The van der Waals surface area contributed by atoms with Crippen molar-refractivity contribution in [2.24, 2.45) is 0 Å². The number of carbonyl (C=O) groups is 1. The highest BCUT2D eigenvalue weighted by Crippen LogP contribution is 2.24. The van der Waals surface area contributed by atoms with Crippen molar-refractivity contribution in [3.8, 4) is 10.6 Å². The van der Waals surface area contributed by atoms with Crippen molar-refractivity contribution in [1.82, 2.24) is 25.3 Å². The molecule has 130 valence electrons. The number of piperazine rings is 1. The molecule has 2 aliphatic rings. The maximum atomic E-state index is 12.7. The smallest absolute Gasteiger partial charge is 0.274 e. The predicted molar refractivity (Wildman–Crippen MR) is 97.9 cm³/mol. The topological polar surface area (TPSA) is 64.3 Å². The Morgan fingerprint density at radius 3 is 2.88 bits per heavy atom. The number of hydrogen-bond donors (Lipinski definition) is 2. The van der Waals surface area contributed by atoms with Crippen molar-refractivity contribution >= 4 is 29.7 Å². The molecule has 8 heteroatoms. The predicted octanol–water partition coefficient (Wildman–Crippen LogP) is 1.68. The Kier molecular flexibility index (Phi) is 5.55. The molecule has 2 saturated heterocycles. The van der Waals surface area contributed by atoms with Crippen LogP contribution in [0.4, 0.5) is 0 Å². The quantitative estimate of drug-likeness (QED) is 0.866. The van der Waals surface area contributed by atoms with Crippen LogP contribution in [0.25, 0.3) is 10.6 Å². The SMILES string of the molecule is Cl.O=C(c1cc(-c2cccs2)[nH]n1)N1CCC(N2CCNCC2)C1. The summed E-state index contributed by atoms with van der Waals surface area (Å²) < 4.78 is 0. The molecule has 2 aliphatic heterocycles. The lowest BCUT2D eigenvalue weighted by molar-refractivity contribution is 0.0767. The maximum absolute atomic E-state index is 12.7. The third-order valence-corrected chi connectivity index (χ3v) is 5.61. The monoisotopic (exact) mass is 367 g/mol. The fraction of sp³-hybridized carbons (Fsp3) is 0.500. The molecule has 4 heterocycles. The summed E-state index contributed by atoms with van der Waals surface area (Å²) in [7, 11) is 0. The Hall–Kier alpha value is -1.41. The highest BCUT2D eigenvalue weighted by molar-refractivity contribution is 7.13. The van der Waals surface area contributed by atoms with Crippen LogP contribution in [-0.2, 0) is 0 Å². The number of likely N-dealkylation sites (tertiary alicyclic amines) is 1. The molecule has 0 radical (unpaired) electrons. The summed E-state index contributed by atoms with van der Waals surface area (Å²) in [5.74, 6) is 0.0432. The Bertz CT molecular complexity index is 668. The van der Waals surface area contributed by atoms with Crippen LogP contribution in [0.15, 0.2) is 23.6 Å². The van der Waals surface area contributed by atoms with Gasteiger partial charge in [-0.2, -0.15) is 5.10 Å². The highest BCUT2D eigenvalue weighted by atomic mass is 35.5. The van der Waals surface area contributed by atoms with E-state index in [1.807, 2.05) is 28.5 Å². The first-order valence-electron chi connectivity index (χ1n) is 8.14. The third-order valence-electron chi connectivity index (χ3n) is 4.70. The molecule has 1 atom stereocenters. The van der Waals surface area contributed by atoms with E-state index in [1.54, 1.807) is 11.3 Å². The Balaban J connectivity index is 0.00000169. The zero-order valence-corrected chi connectivity index (χ0v) is 15.0. The molecule has 0 aliphatic carbocycles. The van der Waals surface area contributed by atoms with Crippen molar-refractivity contribution in [3.05, 3.63) is 29.3 Å². The van der Waals surface area contributed by atoms with Gasteiger partial charge in [0.2, 0.25) is 0 Å². The molecule has 4 rings (SSSR count). The highest BCUT2D eigenvalue weighted by Gasteiger charge is 2.32. The Labute approximate surface area is 151 Å². The molecule has 1 unspecified atom stereocenters. The summed E-state index contributed by atoms with van der Waals surface area (Å²) in [5.41, 5.74) is 1.44. The minimum absolute atomic E-state index is 0. The van der Waals surface area contributed by atoms with Crippen LogP contribution in [0.1, 0.15) is 16.9 Å². The molecule has 0 bridgehead atoms. The molecule has 1 amide bonds. The van der Waals surface area contributed by atoms with E-state index in [2.05, 4.69) is 20.4 Å². The van der Waals surface area contributed by atoms with Gasteiger partial charge >= 0.3 is 0 Å². The number of amides is 1. The van der Waals surface area contributed by atoms with E-state index in [9.17, 15) is 4.79 Å². The van der Waals surface area contributed by atoms with E-state index in [4.69, 9.17) is 0 Å². The van der Waals surface area contributed by atoms with Gasteiger partial charge in [-0.3, -0.25) is 14.8 Å². The first-order chi connectivity index (χ1) is 11.3. The van der Waals surface area contributed by atoms with Crippen LogP contribution < -0.4 is 5.32 Å². The summed E-state index contributed by atoms with van der Waals surface area (Å²) in [6.45, 7) is 5.91. The second-order valence-corrected chi connectivity index (χ2v) is 7.07. The number of aromatic amines is 1. The standard InChI is InChI=1S/C16H21N5OS.ClH/c22-16(14-10-13(18-19-14)15-2-1-9-23-15)21-6-3-12(11-21)20-7-4-17-5-8-20;/h1-2,9-10,12,17H,3-8,11H2,(H,18,19);1H. The lowest BCUT2D eigenvalue weighted by Crippen LogP contribution is -2.49. The zero-order valence-electron chi connectivity index (χ0n) is 13.4. The molecular formula is C16H22ClN5OS.